The molecule has 0 amide bonds. The second kappa shape index (κ2) is 12.9. The summed E-state index contributed by atoms with van der Waals surface area (Å²) >= 11 is 1.46. The molecule has 0 heterocycles. The van der Waals surface area contributed by atoms with Crippen LogP contribution in [0, 0.1) is 23.5 Å². The molecule has 3 aromatic carbocycles. The quantitative estimate of drug-likeness (QED) is 0.172. The van der Waals surface area contributed by atoms with Gasteiger partial charge in [-0.1, -0.05) is 104 Å². The normalized spacial score (nSPS) is 19.3. The van der Waals surface area contributed by atoms with Crippen LogP contribution >= 0.6 is 0 Å². The van der Waals surface area contributed by atoms with Gasteiger partial charge in [-0.25, -0.2) is 11.1 Å². The molecule has 0 saturated carbocycles. The fourth-order valence-corrected chi connectivity index (χ4v) is 8.48. The van der Waals surface area contributed by atoms with E-state index in [1.54, 1.807) is 0 Å². The molecule has 4 aliphatic carbocycles. The van der Waals surface area contributed by atoms with Gasteiger partial charge in [0, 0.05) is 5.41 Å². The molecule has 3 aromatic rings. The van der Waals surface area contributed by atoms with Crippen LogP contribution in [0.4, 0.5) is 0 Å². The second-order valence-electron chi connectivity index (χ2n) is 17.6. The van der Waals surface area contributed by atoms with Gasteiger partial charge in [0.15, 0.2) is 0 Å². The van der Waals surface area contributed by atoms with E-state index in [0.29, 0.717) is 11.3 Å². The zero-order valence-electron chi connectivity index (χ0n) is 32.1. The molecule has 0 fully saturated rings. The average molecular weight is 712 g/mol. The fourth-order valence-electron chi connectivity index (χ4n) is 8.00. The summed E-state index contributed by atoms with van der Waals surface area (Å²) in [5.41, 5.74) is 20.7. The van der Waals surface area contributed by atoms with E-state index >= 15 is 0 Å². The first-order chi connectivity index (χ1) is 22.1. The molecular formula is C47H56Zr. The second-order valence-corrected chi connectivity index (χ2v) is 18.3. The molecule has 248 valence electrons. The smallest absolute Gasteiger partial charge is 0.00873 e. The molecule has 0 saturated heterocycles. The van der Waals surface area contributed by atoms with E-state index in [1.165, 1.54) is 102 Å². The molecule has 1 heteroatoms. The molecule has 1 unspecified atom stereocenters. The van der Waals surface area contributed by atoms with Gasteiger partial charge in [-0.15, -0.1) is 11.6 Å². The fraction of sp³-hybridized carbons (Fsp3) is 0.426. The minimum absolute atomic E-state index is 0.0340. The number of allylic oxidation sites excluding steroid dienone is 8. The van der Waals surface area contributed by atoms with Gasteiger partial charge >= 0.3 is 89.5 Å². The molecule has 7 rings (SSSR count). The Morgan fingerprint density at radius 3 is 1.77 bits per heavy atom. The van der Waals surface area contributed by atoms with E-state index in [9.17, 15) is 0 Å². The molecule has 48 heavy (non-hydrogen) atoms. The minimum atomic E-state index is 0.0340. The maximum Gasteiger partial charge on any atom is 0.00873 e. The summed E-state index contributed by atoms with van der Waals surface area (Å²) in [6.07, 6.45) is 12.8. The molecule has 0 radical (unpaired) electrons. The maximum absolute atomic E-state index is 3.65. The van der Waals surface area contributed by atoms with Crippen molar-refractivity contribution in [2.75, 3.05) is 0 Å². The Morgan fingerprint density at radius 1 is 0.729 bits per heavy atom. The van der Waals surface area contributed by atoms with Crippen LogP contribution in [0.3, 0.4) is 0 Å². The average Bonchev–Trinajstić information content (AvgIpc) is 3.65. The summed E-state index contributed by atoms with van der Waals surface area (Å²) in [4.78, 5) is 0. The number of hydrogen-bond acceptors (Lipinski definition) is 0. The third-order valence-corrected chi connectivity index (χ3v) is 11.3. The standard InChI is InChI=1S/C25H25.C11H17.C11H14.Zr/c1-14-12-24(3,4)22-8-16-7-17-9-23-19(15(2)13-25(23,5)6)11-21(17)20(16)10-18(14)22;1-8-6-9(2)10(7-8)11(3,4)5;1-9-5-7-10(8-6-9)11(2,3)4;/h8-12H,7H2,1-6H3;7-8H,1-5H3;1,5-8H,2-4H3;/q2*-1;;+2. The molecule has 0 aliphatic heterocycles. The van der Waals surface area contributed by atoms with Crippen molar-refractivity contribution in [1.29, 1.82) is 0 Å². The topological polar surface area (TPSA) is 0 Å². The van der Waals surface area contributed by atoms with Crippen molar-refractivity contribution in [1.82, 2.24) is 0 Å². The van der Waals surface area contributed by atoms with Crippen molar-refractivity contribution in [3.8, 4) is 11.1 Å². The first-order valence-corrected chi connectivity index (χ1v) is 19.1. The van der Waals surface area contributed by atoms with Crippen LogP contribution in [-0.4, -0.2) is 3.71 Å². The Hall–Kier alpha value is -2.63. The maximum atomic E-state index is 3.65. The van der Waals surface area contributed by atoms with Crippen LogP contribution in [0.5, 0.6) is 0 Å². The Balaban J connectivity index is 0.000000164. The molecule has 0 nitrogen and oxygen atoms in total. The third kappa shape index (κ3) is 7.29. The first-order valence-electron chi connectivity index (χ1n) is 17.7. The van der Waals surface area contributed by atoms with Crippen LogP contribution in [0.15, 0.2) is 71.8 Å². The summed E-state index contributed by atoms with van der Waals surface area (Å²) in [7, 11) is 0. The van der Waals surface area contributed by atoms with Crippen LogP contribution in [0.25, 0.3) is 22.3 Å². The van der Waals surface area contributed by atoms with E-state index < -0.39 is 0 Å². The largest absolute Gasteiger partial charge is 0.266 e. The van der Waals surface area contributed by atoms with Gasteiger partial charge in [-0.3, -0.25) is 12.2 Å². The monoisotopic (exact) mass is 710 g/mol. The number of rotatable bonds is 1. The first kappa shape index (κ1) is 36.6. The van der Waals surface area contributed by atoms with Crippen LogP contribution in [0.1, 0.15) is 141 Å². The Morgan fingerprint density at radius 2 is 1.29 bits per heavy atom. The molecule has 1 atom stereocenters. The zero-order valence-corrected chi connectivity index (χ0v) is 34.6. The van der Waals surface area contributed by atoms with Crippen LogP contribution in [0.2, 0.25) is 0 Å². The number of fused-ring (bicyclic) bond motifs is 5. The summed E-state index contributed by atoms with van der Waals surface area (Å²) in [6, 6.07) is 18.6. The van der Waals surface area contributed by atoms with Gasteiger partial charge in [0.25, 0.3) is 0 Å². The van der Waals surface area contributed by atoms with E-state index in [2.05, 4.69) is 173 Å². The van der Waals surface area contributed by atoms with E-state index in [-0.39, 0.29) is 16.2 Å². The van der Waals surface area contributed by atoms with Crippen LogP contribution < -0.4 is 0 Å². The predicted octanol–water partition coefficient (Wildman–Crippen LogP) is 12.5. The van der Waals surface area contributed by atoms with Gasteiger partial charge in [-0.2, -0.15) is 17.2 Å². The van der Waals surface area contributed by atoms with Crippen molar-refractivity contribution < 1.29 is 24.2 Å². The van der Waals surface area contributed by atoms with Gasteiger partial charge in [0.05, 0.1) is 0 Å². The van der Waals surface area contributed by atoms with Crippen molar-refractivity contribution in [3.63, 3.8) is 0 Å². The Bertz CT molecular complexity index is 1800. The van der Waals surface area contributed by atoms with Crippen molar-refractivity contribution in [2.45, 2.75) is 120 Å². The summed E-state index contributed by atoms with van der Waals surface area (Å²) < 4.78 is 2.21. The summed E-state index contributed by atoms with van der Waals surface area (Å²) in [5.74, 6) is 0.518. The van der Waals surface area contributed by atoms with Gasteiger partial charge in [0.1, 0.15) is 0 Å². The summed E-state index contributed by atoms with van der Waals surface area (Å²) in [5, 5.41) is 0. The van der Waals surface area contributed by atoms with Gasteiger partial charge in [0.2, 0.25) is 0 Å². The van der Waals surface area contributed by atoms with Gasteiger partial charge in [-0.05, 0) is 58.4 Å². The molecule has 0 spiro atoms. The minimum Gasteiger partial charge on any atom is -0.266 e. The van der Waals surface area contributed by atoms with Crippen molar-refractivity contribution in [3.05, 3.63) is 128 Å². The number of benzene rings is 3. The molecule has 4 aliphatic rings. The Labute approximate surface area is 307 Å². The van der Waals surface area contributed by atoms with E-state index in [0.717, 1.165) is 6.42 Å². The molecule has 0 bridgehead atoms. The molecular weight excluding hydrogens is 656 g/mol. The zero-order chi connectivity index (χ0) is 35.6. The van der Waals surface area contributed by atoms with E-state index in [4.69, 9.17) is 0 Å². The van der Waals surface area contributed by atoms with E-state index in [1.807, 2.05) is 0 Å². The molecule has 0 aromatic heterocycles. The van der Waals surface area contributed by atoms with Gasteiger partial charge < -0.3 is 0 Å². The Kier molecular flexibility index (Phi) is 9.87. The van der Waals surface area contributed by atoms with Crippen molar-refractivity contribution in [2.24, 2.45) is 11.3 Å². The van der Waals surface area contributed by atoms with Crippen LogP contribution in [-0.2, 0) is 46.9 Å². The third-order valence-electron chi connectivity index (χ3n) is 10.4. The summed E-state index contributed by atoms with van der Waals surface area (Å²) in [6.45, 7) is 31.5. The number of hydrogen-bond donors (Lipinski definition) is 0. The predicted molar refractivity (Wildman–Crippen MR) is 206 cm³/mol. The SMILES string of the molecule is CC(C)(C)c1ccc([CH]=[Zr+2])cc1.CC1=[C-]C(C)(C)c2cc3c(cc21)-c1cc2c(cc1C3)C(C)(C)C=C2C.CC1=[C-]C(C)C=C1C(C)(C)C. The molecule has 0 N–H and O–H groups in total. The van der Waals surface area contributed by atoms with Crippen molar-refractivity contribution >= 4 is 14.9 Å².